The molecule has 0 radical (unpaired) electrons. The number of esters is 1. The second-order valence-corrected chi connectivity index (χ2v) is 9.40. The molecular weight excluding hydrogens is 364 g/mol. The molecule has 28 heavy (non-hydrogen) atoms. The summed E-state index contributed by atoms with van der Waals surface area (Å²) in [7, 11) is 1.33. The molecule has 1 heterocycles. The molecular formula is C20H38N2O6. The molecule has 164 valence electrons. The lowest BCUT2D eigenvalue weighted by molar-refractivity contribution is -0.183. The first-order valence-electron chi connectivity index (χ1n) is 9.90. The van der Waals surface area contributed by atoms with E-state index in [9.17, 15) is 14.7 Å². The maximum atomic E-state index is 12.5. The van der Waals surface area contributed by atoms with Crippen molar-refractivity contribution in [1.82, 2.24) is 10.4 Å². The van der Waals surface area contributed by atoms with E-state index in [-0.39, 0.29) is 5.92 Å². The minimum absolute atomic E-state index is 0.00376. The van der Waals surface area contributed by atoms with Gasteiger partial charge in [-0.3, -0.25) is 9.74 Å². The molecule has 1 amide bonds. The molecule has 1 aliphatic rings. The van der Waals surface area contributed by atoms with Crippen LogP contribution in [0.3, 0.4) is 0 Å². The van der Waals surface area contributed by atoms with Gasteiger partial charge in [0.05, 0.1) is 12.7 Å². The van der Waals surface area contributed by atoms with Crippen LogP contribution in [0.1, 0.15) is 67.7 Å². The van der Waals surface area contributed by atoms with E-state index in [4.69, 9.17) is 14.3 Å². The molecule has 1 aliphatic heterocycles. The standard InChI is InChI=1S/C20H38N2O6/c1-18(2,3)27-17(24)22-13-11-14(15(22)16(23)26-8)10-9-12-21-28-20(6,7)19(4,5)25/h14-15,21,25H,9-13H2,1-8H3. The predicted octanol–water partition coefficient (Wildman–Crippen LogP) is 2.64. The molecule has 2 unspecified atom stereocenters. The average molecular weight is 403 g/mol. The van der Waals surface area contributed by atoms with E-state index in [1.165, 1.54) is 12.0 Å². The summed E-state index contributed by atoms with van der Waals surface area (Å²) >= 11 is 0. The number of carbonyl (C=O) groups excluding carboxylic acids is 2. The van der Waals surface area contributed by atoms with Crippen molar-refractivity contribution < 1.29 is 29.0 Å². The fourth-order valence-corrected chi connectivity index (χ4v) is 2.92. The summed E-state index contributed by atoms with van der Waals surface area (Å²) in [4.78, 5) is 31.8. The highest BCUT2D eigenvalue weighted by atomic mass is 16.7. The molecule has 1 saturated heterocycles. The lowest BCUT2D eigenvalue weighted by atomic mass is 9.90. The zero-order chi connectivity index (χ0) is 21.8. The van der Waals surface area contributed by atoms with Crippen molar-refractivity contribution in [3.63, 3.8) is 0 Å². The molecule has 0 aromatic rings. The zero-order valence-electron chi connectivity index (χ0n) is 18.6. The highest BCUT2D eigenvalue weighted by Gasteiger charge is 2.43. The van der Waals surface area contributed by atoms with Crippen molar-refractivity contribution in [3.8, 4) is 0 Å². The van der Waals surface area contributed by atoms with Crippen molar-refractivity contribution in [1.29, 1.82) is 0 Å². The third kappa shape index (κ3) is 6.90. The lowest BCUT2D eigenvalue weighted by Crippen LogP contribution is -2.50. The summed E-state index contributed by atoms with van der Waals surface area (Å²) in [6, 6.07) is -0.631. The quantitative estimate of drug-likeness (QED) is 0.366. The molecule has 8 nitrogen and oxygen atoms in total. The monoisotopic (exact) mass is 402 g/mol. The average Bonchev–Trinajstić information content (AvgIpc) is 2.95. The number of hydroxylamine groups is 1. The van der Waals surface area contributed by atoms with Crippen LogP contribution in [0.25, 0.3) is 0 Å². The summed E-state index contributed by atoms with van der Waals surface area (Å²) < 4.78 is 10.4. The fourth-order valence-electron chi connectivity index (χ4n) is 2.92. The summed E-state index contributed by atoms with van der Waals surface area (Å²) in [5, 5.41) is 10.1. The van der Waals surface area contributed by atoms with E-state index in [2.05, 4.69) is 5.48 Å². The van der Waals surface area contributed by atoms with Crippen LogP contribution in [0, 0.1) is 5.92 Å². The van der Waals surface area contributed by atoms with Gasteiger partial charge in [-0.25, -0.2) is 15.1 Å². The van der Waals surface area contributed by atoms with Crippen LogP contribution in [-0.2, 0) is 19.1 Å². The van der Waals surface area contributed by atoms with Gasteiger partial charge in [0.15, 0.2) is 0 Å². The normalized spacial score (nSPS) is 21.0. The third-order valence-corrected chi connectivity index (χ3v) is 5.25. The second kappa shape index (κ2) is 9.41. The number of aliphatic hydroxyl groups is 1. The maximum Gasteiger partial charge on any atom is 0.411 e. The Morgan fingerprint density at radius 3 is 2.25 bits per heavy atom. The summed E-state index contributed by atoms with van der Waals surface area (Å²) in [5.74, 6) is -0.412. The number of amides is 1. The Morgan fingerprint density at radius 1 is 1.14 bits per heavy atom. The Labute approximate surface area is 168 Å². The van der Waals surface area contributed by atoms with E-state index < -0.39 is 34.9 Å². The first-order chi connectivity index (χ1) is 12.7. The topological polar surface area (TPSA) is 97.3 Å². The van der Waals surface area contributed by atoms with Crippen molar-refractivity contribution in [3.05, 3.63) is 0 Å². The molecule has 0 spiro atoms. The minimum Gasteiger partial charge on any atom is -0.467 e. The molecule has 1 rings (SSSR count). The number of methoxy groups -OCH3 is 1. The van der Waals surface area contributed by atoms with E-state index in [0.717, 1.165) is 19.3 Å². The van der Waals surface area contributed by atoms with Crippen LogP contribution in [-0.4, -0.2) is 65.1 Å². The Hall–Kier alpha value is -1.38. The van der Waals surface area contributed by atoms with Crippen molar-refractivity contribution in [2.75, 3.05) is 20.2 Å². The highest BCUT2D eigenvalue weighted by Crippen LogP contribution is 2.30. The van der Waals surface area contributed by atoms with Gasteiger partial charge in [0.2, 0.25) is 0 Å². The molecule has 1 fully saturated rings. The zero-order valence-corrected chi connectivity index (χ0v) is 18.6. The number of hydrogen-bond acceptors (Lipinski definition) is 7. The minimum atomic E-state index is -0.991. The molecule has 0 aromatic heterocycles. The smallest absolute Gasteiger partial charge is 0.411 e. The van der Waals surface area contributed by atoms with Crippen molar-refractivity contribution in [2.24, 2.45) is 5.92 Å². The molecule has 0 bridgehead atoms. The van der Waals surface area contributed by atoms with E-state index in [1.807, 2.05) is 13.8 Å². The Bertz CT molecular complexity index is 536. The molecule has 2 N–H and O–H groups in total. The van der Waals surface area contributed by atoms with Crippen LogP contribution < -0.4 is 5.48 Å². The van der Waals surface area contributed by atoms with Gasteiger partial charge >= 0.3 is 12.1 Å². The lowest BCUT2D eigenvalue weighted by Gasteiger charge is -2.36. The van der Waals surface area contributed by atoms with E-state index in [1.54, 1.807) is 34.6 Å². The summed E-state index contributed by atoms with van der Waals surface area (Å²) in [6.45, 7) is 13.4. The van der Waals surface area contributed by atoms with Gasteiger partial charge in [-0.15, -0.1) is 0 Å². The van der Waals surface area contributed by atoms with Crippen LogP contribution in [0.15, 0.2) is 0 Å². The van der Waals surface area contributed by atoms with Crippen molar-refractivity contribution >= 4 is 12.1 Å². The van der Waals surface area contributed by atoms with Gasteiger partial charge in [-0.1, -0.05) is 0 Å². The third-order valence-electron chi connectivity index (χ3n) is 5.25. The van der Waals surface area contributed by atoms with Gasteiger partial charge in [-0.2, -0.15) is 0 Å². The number of rotatable bonds is 8. The Balaban J connectivity index is 2.58. The predicted molar refractivity (Wildman–Crippen MR) is 106 cm³/mol. The first kappa shape index (κ1) is 24.7. The van der Waals surface area contributed by atoms with E-state index in [0.29, 0.717) is 13.1 Å². The van der Waals surface area contributed by atoms with Gasteiger partial charge in [0, 0.05) is 13.1 Å². The first-order valence-corrected chi connectivity index (χ1v) is 9.90. The summed E-state index contributed by atoms with van der Waals surface area (Å²) in [5.41, 5.74) is 0.539. The molecule has 0 aliphatic carbocycles. The number of nitrogens with one attached hydrogen (secondary N) is 1. The Kier molecular flexibility index (Phi) is 8.29. The molecule has 8 heteroatoms. The number of hydrogen-bond donors (Lipinski definition) is 2. The number of nitrogens with zero attached hydrogens (tertiary/aromatic N) is 1. The van der Waals surface area contributed by atoms with Crippen molar-refractivity contribution in [2.45, 2.75) is 90.6 Å². The van der Waals surface area contributed by atoms with Crippen LogP contribution in [0.5, 0.6) is 0 Å². The van der Waals surface area contributed by atoms with Gasteiger partial charge < -0.3 is 14.6 Å². The van der Waals surface area contributed by atoms with Gasteiger partial charge in [0.1, 0.15) is 17.2 Å². The van der Waals surface area contributed by atoms with E-state index >= 15 is 0 Å². The highest BCUT2D eigenvalue weighted by molar-refractivity contribution is 5.82. The number of carbonyl (C=O) groups is 2. The largest absolute Gasteiger partial charge is 0.467 e. The number of ether oxygens (including phenoxy) is 2. The van der Waals surface area contributed by atoms with Crippen LogP contribution >= 0.6 is 0 Å². The van der Waals surface area contributed by atoms with Crippen LogP contribution in [0.2, 0.25) is 0 Å². The Morgan fingerprint density at radius 2 is 1.75 bits per heavy atom. The molecule has 0 saturated carbocycles. The SMILES string of the molecule is COC(=O)C1C(CCCNOC(C)(C)C(C)(C)O)CCN1C(=O)OC(C)(C)C. The summed E-state index contributed by atoms with van der Waals surface area (Å²) in [6.07, 6.45) is 1.72. The molecule has 0 aromatic carbocycles. The molecule has 2 atom stereocenters. The number of likely N-dealkylation sites (tertiary alicyclic amines) is 1. The fraction of sp³-hybridized carbons (Fsp3) is 0.900. The van der Waals surface area contributed by atoms with Crippen LogP contribution in [0.4, 0.5) is 4.79 Å². The maximum absolute atomic E-state index is 12.5. The van der Waals surface area contributed by atoms with Gasteiger partial charge in [0.25, 0.3) is 0 Å². The second-order valence-electron chi connectivity index (χ2n) is 9.40. The van der Waals surface area contributed by atoms with Gasteiger partial charge in [-0.05, 0) is 73.6 Å².